The molecular weight excluding hydrogens is 268 g/mol. The van der Waals surface area contributed by atoms with E-state index in [0.29, 0.717) is 13.2 Å². The van der Waals surface area contributed by atoms with Crippen molar-refractivity contribution in [2.45, 2.75) is 51.9 Å². The van der Waals surface area contributed by atoms with Gasteiger partial charge in [-0.2, -0.15) is 0 Å². The first-order valence-electron chi connectivity index (χ1n) is 7.43. The van der Waals surface area contributed by atoms with Crippen molar-refractivity contribution in [1.82, 2.24) is 9.88 Å². The van der Waals surface area contributed by atoms with Gasteiger partial charge >= 0.3 is 6.09 Å². The maximum absolute atomic E-state index is 12.1. The molecule has 0 bridgehead atoms. The van der Waals surface area contributed by atoms with Crippen LogP contribution in [0, 0.1) is 0 Å². The number of carbonyl (C=O) groups is 1. The van der Waals surface area contributed by atoms with Gasteiger partial charge in [0.25, 0.3) is 0 Å². The lowest BCUT2D eigenvalue weighted by Gasteiger charge is -2.34. The summed E-state index contributed by atoms with van der Waals surface area (Å²) < 4.78 is 11.3. The number of piperidine rings is 1. The van der Waals surface area contributed by atoms with Gasteiger partial charge in [-0.3, -0.25) is 4.98 Å². The predicted octanol–water partition coefficient (Wildman–Crippen LogP) is 3.00. The van der Waals surface area contributed by atoms with Crippen LogP contribution in [-0.2, 0) is 16.1 Å². The molecule has 0 aliphatic carbocycles. The van der Waals surface area contributed by atoms with Crippen LogP contribution < -0.4 is 0 Å². The van der Waals surface area contributed by atoms with Crippen molar-refractivity contribution in [1.29, 1.82) is 0 Å². The van der Waals surface area contributed by atoms with E-state index < -0.39 is 5.60 Å². The van der Waals surface area contributed by atoms with Gasteiger partial charge in [0.05, 0.1) is 24.9 Å². The van der Waals surface area contributed by atoms with Gasteiger partial charge in [0.2, 0.25) is 0 Å². The third kappa shape index (κ3) is 5.34. The van der Waals surface area contributed by atoms with Crippen LogP contribution in [0.1, 0.15) is 39.3 Å². The molecule has 1 aliphatic rings. The van der Waals surface area contributed by atoms with Crippen LogP contribution in [0.5, 0.6) is 0 Å². The van der Waals surface area contributed by atoms with Crippen molar-refractivity contribution in [3.8, 4) is 0 Å². The van der Waals surface area contributed by atoms with Gasteiger partial charge < -0.3 is 14.4 Å². The second-order valence-electron chi connectivity index (χ2n) is 6.32. The SMILES string of the molecule is CC(C)(C)OC(=O)N1CCC[C@@H](OCc2ccccn2)C1. The van der Waals surface area contributed by atoms with E-state index in [1.165, 1.54) is 0 Å². The standard InChI is InChI=1S/C16H24N2O3/c1-16(2,3)21-15(19)18-10-6-8-14(11-18)20-12-13-7-4-5-9-17-13/h4-5,7,9,14H,6,8,10-12H2,1-3H3/t14-/m1/s1. The summed E-state index contributed by atoms with van der Waals surface area (Å²) >= 11 is 0. The number of ether oxygens (including phenoxy) is 2. The Balaban J connectivity index is 1.82. The van der Waals surface area contributed by atoms with Crippen LogP contribution in [0.2, 0.25) is 0 Å². The number of hydrogen-bond acceptors (Lipinski definition) is 4. The van der Waals surface area contributed by atoms with Gasteiger partial charge in [-0.1, -0.05) is 6.07 Å². The van der Waals surface area contributed by atoms with E-state index in [4.69, 9.17) is 9.47 Å². The fraction of sp³-hybridized carbons (Fsp3) is 0.625. The summed E-state index contributed by atoms with van der Waals surface area (Å²) in [5, 5.41) is 0. The van der Waals surface area contributed by atoms with Crippen molar-refractivity contribution in [2.75, 3.05) is 13.1 Å². The minimum atomic E-state index is -0.459. The largest absolute Gasteiger partial charge is 0.444 e. The third-order valence-corrected chi connectivity index (χ3v) is 3.22. The summed E-state index contributed by atoms with van der Waals surface area (Å²) in [6.07, 6.45) is 3.45. The number of rotatable bonds is 3. The highest BCUT2D eigenvalue weighted by Gasteiger charge is 2.27. The number of carbonyl (C=O) groups excluding carboxylic acids is 1. The molecule has 5 heteroatoms. The van der Waals surface area contributed by atoms with Gasteiger partial charge in [-0.15, -0.1) is 0 Å². The number of pyridine rings is 1. The Morgan fingerprint density at radius 1 is 1.43 bits per heavy atom. The van der Waals surface area contributed by atoms with E-state index in [-0.39, 0.29) is 12.2 Å². The van der Waals surface area contributed by atoms with E-state index in [9.17, 15) is 4.79 Å². The van der Waals surface area contributed by atoms with Crippen LogP contribution in [0.15, 0.2) is 24.4 Å². The molecule has 1 aromatic heterocycles. The van der Waals surface area contributed by atoms with Crippen molar-refractivity contribution >= 4 is 6.09 Å². The van der Waals surface area contributed by atoms with Gasteiger partial charge in [0.1, 0.15) is 5.60 Å². The summed E-state index contributed by atoms with van der Waals surface area (Å²) in [5.41, 5.74) is 0.450. The number of hydrogen-bond donors (Lipinski definition) is 0. The molecule has 0 saturated carbocycles. The first kappa shape index (κ1) is 15.8. The lowest BCUT2D eigenvalue weighted by atomic mass is 10.1. The highest BCUT2D eigenvalue weighted by atomic mass is 16.6. The Morgan fingerprint density at radius 2 is 2.24 bits per heavy atom. The zero-order chi connectivity index (χ0) is 15.3. The van der Waals surface area contributed by atoms with Gasteiger partial charge in [-0.25, -0.2) is 4.79 Å². The smallest absolute Gasteiger partial charge is 0.410 e. The number of nitrogens with zero attached hydrogens (tertiary/aromatic N) is 2. The predicted molar refractivity (Wildman–Crippen MR) is 79.9 cm³/mol. The quantitative estimate of drug-likeness (QED) is 0.859. The fourth-order valence-electron chi connectivity index (χ4n) is 2.25. The average molecular weight is 292 g/mol. The third-order valence-electron chi connectivity index (χ3n) is 3.22. The minimum absolute atomic E-state index is 0.0493. The number of likely N-dealkylation sites (tertiary alicyclic amines) is 1. The van der Waals surface area contributed by atoms with Crippen LogP contribution >= 0.6 is 0 Å². The molecule has 1 saturated heterocycles. The molecule has 5 nitrogen and oxygen atoms in total. The monoisotopic (exact) mass is 292 g/mol. The highest BCUT2D eigenvalue weighted by molar-refractivity contribution is 5.68. The van der Waals surface area contributed by atoms with E-state index in [2.05, 4.69) is 4.98 Å². The number of aromatic nitrogens is 1. The number of amides is 1. The summed E-state index contributed by atoms with van der Waals surface area (Å²) in [4.78, 5) is 18.0. The van der Waals surface area contributed by atoms with E-state index >= 15 is 0 Å². The van der Waals surface area contributed by atoms with Crippen molar-refractivity contribution in [3.63, 3.8) is 0 Å². The fourth-order valence-corrected chi connectivity index (χ4v) is 2.25. The first-order valence-corrected chi connectivity index (χ1v) is 7.43. The second-order valence-corrected chi connectivity index (χ2v) is 6.32. The topological polar surface area (TPSA) is 51.7 Å². The van der Waals surface area contributed by atoms with Crippen LogP contribution in [0.4, 0.5) is 4.79 Å². The van der Waals surface area contributed by atoms with Crippen LogP contribution in [0.3, 0.4) is 0 Å². The minimum Gasteiger partial charge on any atom is -0.444 e. The maximum Gasteiger partial charge on any atom is 0.410 e. The van der Waals surface area contributed by atoms with Gasteiger partial charge in [-0.05, 0) is 45.7 Å². The molecule has 1 atom stereocenters. The molecule has 0 radical (unpaired) electrons. The maximum atomic E-state index is 12.1. The summed E-state index contributed by atoms with van der Waals surface area (Å²) in [6, 6.07) is 5.77. The van der Waals surface area contributed by atoms with Gasteiger partial charge in [0.15, 0.2) is 0 Å². The van der Waals surface area contributed by atoms with Crippen molar-refractivity contribution < 1.29 is 14.3 Å². The Labute approximate surface area is 126 Å². The normalized spacial score (nSPS) is 19.4. The molecule has 0 aromatic carbocycles. The average Bonchev–Trinajstić information content (AvgIpc) is 2.45. The van der Waals surface area contributed by atoms with E-state index in [1.54, 1.807) is 11.1 Å². The molecule has 21 heavy (non-hydrogen) atoms. The van der Waals surface area contributed by atoms with E-state index in [0.717, 1.165) is 25.1 Å². The molecule has 1 fully saturated rings. The molecule has 116 valence electrons. The van der Waals surface area contributed by atoms with Crippen LogP contribution in [0.25, 0.3) is 0 Å². The Morgan fingerprint density at radius 3 is 2.90 bits per heavy atom. The highest BCUT2D eigenvalue weighted by Crippen LogP contribution is 2.18. The van der Waals surface area contributed by atoms with Crippen molar-refractivity contribution in [2.24, 2.45) is 0 Å². The Hall–Kier alpha value is -1.62. The van der Waals surface area contributed by atoms with Crippen molar-refractivity contribution in [3.05, 3.63) is 30.1 Å². The molecule has 2 rings (SSSR count). The van der Waals surface area contributed by atoms with Gasteiger partial charge in [0, 0.05) is 12.7 Å². The first-order chi connectivity index (χ1) is 9.94. The Kier molecular flexibility index (Phi) is 5.17. The molecule has 0 spiro atoms. The lowest BCUT2D eigenvalue weighted by molar-refractivity contribution is -0.0266. The molecule has 2 heterocycles. The molecule has 1 amide bonds. The van der Waals surface area contributed by atoms with Crippen LogP contribution in [-0.4, -0.2) is 40.8 Å². The zero-order valence-corrected chi connectivity index (χ0v) is 13.0. The molecule has 0 N–H and O–H groups in total. The van der Waals surface area contributed by atoms with E-state index in [1.807, 2.05) is 39.0 Å². The molecular formula is C16H24N2O3. The summed E-state index contributed by atoms with van der Waals surface area (Å²) in [5.74, 6) is 0. The lowest BCUT2D eigenvalue weighted by Crippen LogP contribution is -2.45. The summed E-state index contributed by atoms with van der Waals surface area (Å²) in [6.45, 7) is 7.44. The second kappa shape index (κ2) is 6.89. The molecule has 1 aromatic rings. The zero-order valence-electron chi connectivity index (χ0n) is 13.0. The summed E-state index contributed by atoms with van der Waals surface area (Å²) in [7, 11) is 0. The molecule has 1 aliphatic heterocycles. The Bertz CT molecular complexity index is 456. The molecule has 0 unspecified atom stereocenters.